The summed E-state index contributed by atoms with van der Waals surface area (Å²) in [4.78, 5) is 11.4. The first-order chi connectivity index (χ1) is 6.56. The topological polar surface area (TPSA) is 55.1 Å². The van der Waals surface area contributed by atoms with Gasteiger partial charge in [-0.2, -0.15) is 0 Å². The summed E-state index contributed by atoms with van der Waals surface area (Å²) in [5, 5.41) is 3.20. The molecular formula is C9H10Cl2N2O. The van der Waals surface area contributed by atoms with Gasteiger partial charge in [0.15, 0.2) is 0 Å². The molecule has 1 rings (SSSR count). The van der Waals surface area contributed by atoms with Gasteiger partial charge < -0.3 is 11.1 Å². The van der Waals surface area contributed by atoms with Crippen LogP contribution < -0.4 is 11.1 Å². The summed E-state index contributed by atoms with van der Waals surface area (Å²) < 4.78 is 0. The molecule has 0 atom stereocenters. The molecule has 14 heavy (non-hydrogen) atoms. The van der Waals surface area contributed by atoms with Crippen molar-refractivity contribution in [2.24, 2.45) is 0 Å². The van der Waals surface area contributed by atoms with Gasteiger partial charge in [-0.15, -0.1) is 0 Å². The Morgan fingerprint density at radius 1 is 1.50 bits per heavy atom. The van der Waals surface area contributed by atoms with Crippen LogP contribution >= 0.6 is 23.2 Å². The van der Waals surface area contributed by atoms with Crippen molar-refractivity contribution in [2.75, 3.05) is 12.3 Å². The molecule has 0 spiro atoms. The molecular weight excluding hydrogens is 223 g/mol. The normalized spacial score (nSPS) is 9.93. The van der Waals surface area contributed by atoms with Gasteiger partial charge in [-0.05, 0) is 19.1 Å². The van der Waals surface area contributed by atoms with Crippen molar-refractivity contribution in [1.82, 2.24) is 5.32 Å². The van der Waals surface area contributed by atoms with Gasteiger partial charge in [-0.1, -0.05) is 23.2 Å². The van der Waals surface area contributed by atoms with Crippen LogP contribution in [-0.4, -0.2) is 12.5 Å². The molecule has 0 saturated heterocycles. The quantitative estimate of drug-likeness (QED) is 0.770. The molecule has 1 amide bonds. The maximum absolute atomic E-state index is 11.4. The van der Waals surface area contributed by atoms with Gasteiger partial charge in [0.1, 0.15) is 0 Å². The van der Waals surface area contributed by atoms with Crippen molar-refractivity contribution in [3.63, 3.8) is 0 Å². The molecule has 5 heteroatoms. The van der Waals surface area contributed by atoms with Gasteiger partial charge in [0.25, 0.3) is 5.91 Å². The van der Waals surface area contributed by atoms with Crippen LogP contribution in [0.3, 0.4) is 0 Å². The summed E-state index contributed by atoms with van der Waals surface area (Å²) in [5.41, 5.74) is 6.28. The highest BCUT2D eigenvalue weighted by Gasteiger charge is 2.09. The lowest BCUT2D eigenvalue weighted by Gasteiger charge is -2.05. The lowest BCUT2D eigenvalue weighted by atomic mass is 10.2. The fourth-order valence-corrected chi connectivity index (χ4v) is 1.34. The Hall–Kier alpha value is -0.930. The minimum absolute atomic E-state index is 0.210. The number of carbonyl (C=O) groups excluding carboxylic acids is 1. The van der Waals surface area contributed by atoms with Gasteiger partial charge in [0.2, 0.25) is 0 Å². The number of anilines is 1. The number of amides is 1. The van der Waals surface area contributed by atoms with Gasteiger partial charge in [-0.3, -0.25) is 4.79 Å². The Labute approximate surface area is 92.2 Å². The Kier molecular flexibility index (Phi) is 3.61. The highest BCUT2D eigenvalue weighted by molar-refractivity contribution is 6.43. The smallest absolute Gasteiger partial charge is 0.251 e. The molecule has 0 fully saturated rings. The molecule has 0 aliphatic carbocycles. The molecule has 76 valence electrons. The largest absolute Gasteiger partial charge is 0.397 e. The highest BCUT2D eigenvalue weighted by atomic mass is 35.5. The van der Waals surface area contributed by atoms with Gasteiger partial charge >= 0.3 is 0 Å². The molecule has 0 radical (unpaired) electrons. The number of hydrogen-bond acceptors (Lipinski definition) is 2. The molecule has 0 aliphatic rings. The van der Waals surface area contributed by atoms with E-state index in [9.17, 15) is 4.79 Å². The third-order valence-corrected chi connectivity index (χ3v) is 2.47. The Bertz CT molecular complexity index is 343. The third-order valence-electron chi connectivity index (χ3n) is 1.66. The second-order valence-corrected chi connectivity index (χ2v) is 3.51. The second kappa shape index (κ2) is 4.53. The predicted molar refractivity (Wildman–Crippen MR) is 58.9 cm³/mol. The SMILES string of the molecule is CCNC(=O)c1cc(N)c(Cl)c(Cl)c1. The molecule has 0 bridgehead atoms. The number of hydrogen-bond donors (Lipinski definition) is 2. The van der Waals surface area contributed by atoms with Crippen molar-refractivity contribution in [3.8, 4) is 0 Å². The summed E-state index contributed by atoms with van der Waals surface area (Å²) >= 11 is 11.5. The monoisotopic (exact) mass is 232 g/mol. The minimum Gasteiger partial charge on any atom is -0.397 e. The number of nitrogens with one attached hydrogen (secondary N) is 1. The van der Waals surface area contributed by atoms with Crippen LogP contribution in [0, 0.1) is 0 Å². The summed E-state index contributed by atoms with van der Waals surface area (Å²) in [6.07, 6.45) is 0. The van der Waals surface area contributed by atoms with Crippen LogP contribution in [0.2, 0.25) is 10.0 Å². The van der Waals surface area contributed by atoms with E-state index < -0.39 is 0 Å². The lowest BCUT2D eigenvalue weighted by molar-refractivity contribution is 0.0956. The van der Waals surface area contributed by atoms with Crippen molar-refractivity contribution in [1.29, 1.82) is 0 Å². The zero-order valence-electron chi connectivity index (χ0n) is 7.60. The first-order valence-corrected chi connectivity index (χ1v) is 4.84. The van der Waals surface area contributed by atoms with E-state index in [2.05, 4.69) is 5.32 Å². The molecule has 3 nitrogen and oxygen atoms in total. The standard InChI is InChI=1S/C9H10Cl2N2O/c1-2-13-9(14)5-3-6(10)8(11)7(12)4-5/h3-4H,2,12H2,1H3,(H,13,14). The fourth-order valence-electron chi connectivity index (χ4n) is 1.00. The van der Waals surface area contributed by atoms with Crippen molar-refractivity contribution in [2.45, 2.75) is 6.92 Å². The van der Waals surface area contributed by atoms with E-state index in [0.717, 1.165) is 0 Å². The van der Waals surface area contributed by atoms with E-state index >= 15 is 0 Å². The van der Waals surface area contributed by atoms with E-state index in [1.165, 1.54) is 12.1 Å². The van der Waals surface area contributed by atoms with E-state index in [0.29, 0.717) is 17.8 Å². The molecule has 0 heterocycles. The molecule has 1 aromatic rings. The molecule has 0 aromatic heterocycles. The maximum atomic E-state index is 11.4. The number of benzene rings is 1. The van der Waals surface area contributed by atoms with Crippen LogP contribution in [0.25, 0.3) is 0 Å². The molecule has 0 saturated carbocycles. The summed E-state index contributed by atoms with van der Waals surface area (Å²) in [5.74, 6) is -0.210. The van der Waals surface area contributed by atoms with Crippen LogP contribution in [0.5, 0.6) is 0 Å². The van der Waals surface area contributed by atoms with Gasteiger partial charge in [0, 0.05) is 12.1 Å². The lowest BCUT2D eigenvalue weighted by Crippen LogP contribution is -2.22. The average Bonchev–Trinajstić information content (AvgIpc) is 2.13. The van der Waals surface area contributed by atoms with E-state index in [-0.39, 0.29) is 16.0 Å². The van der Waals surface area contributed by atoms with Crippen molar-refractivity contribution >= 4 is 34.8 Å². The van der Waals surface area contributed by atoms with Crippen LogP contribution in [0.15, 0.2) is 12.1 Å². The maximum Gasteiger partial charge on any atom is 0.251 e. The fraction of sp³-hybridized carbons (Fsp3) is 0.222. The zero-order chi connectivity index (χ0) is 10.7. The van der Waals surface area contributed by atoms with E-state index in [1.54, 1.807) is 0 Å². The summed E-state index contributed by atoms with van der Waals surface area (Å²) in [6.45, 7) is 2.39. The zero-order valence-corrected chi connectivity index (χ0v) is 9.12. The third kappa shape index (κ3) is 2.30. The van der Waals surface area contributed by atoms with Crippen LogP contribution in [0.4, 0.5) is 5.69 Å². The highest BCUT2D eigenvalue weighted by Crippen LogP contribution is 2.29. The van der Waals surface area contributed by atoms with Crippen molar-refractivity contribution < 1.29 is 4.79 Å². The van der Waals surface area contributed by atoms with E-state index in [4.69, 9.17) is 28.9 Å². The number of nitrogen functional groups attached to an aromatic ring is 1. The summed E-state index contributed by atoms with van der Waals surface area (Å²) in [7, 11) is 0. The predicted octanol–water partition coefficient (Wildman–Crippen LogP) is 2.33. The van der Waals surface area contributed by atoms with Gasteiger partial charge in [-0.25, -0.2) is 0 Å². The molecule has 0 aliphatic heterocycles. The number of halogens is 2. The Balaban J connectivity index is 3.06. The molecule has 0 unspecified atom stereocenters. The Morgan fingerprint density at radius 3 is 2.64 bits per heavy atom. The minimum atomic E-state index is -0.210. The number of rotatable bonds is 2. The molecule has 1 aromatic carbocycles. The second-order valence-electron chi connectivity index (χ2n) is 2.72. The number of carbonyl (C=O) groups is 1. The summed E-state index contributed by atoms with van der Waals surface area (Å²) in [6, 6.07) is 2.99. The number of nitrogens with two attached hydrogens (primary N) is 1. The van der Waals surface area contributed by atoms with Crippen molar-refractivity contribution in [3.05, 3.63) is 27.7 Å². The van der Waals surface area contributed by atoms with E-state index in [1.807, 2.05) is 6.92 Å². The van der Waals surface area contributed by atoms with Gasteiger partial charge in [0.05, 0.1) is 15.7 Å². The van der Waals surface area contributed by atoms with Crippen LogP contribution in [-0.2, 0) is 0 Å². The first-order valence-electron chi connectivity index (χ1n) is 4.09. The average molecular weight is 233 g/mol. The first kappa shape index (κ1) is 11.1. The molecule has 3 N–H and O–H groups in total. The Morgan fingerprint density at radius 2 is 2.14 bits per heavy atom. The van der Waals surface area contributed by atoms with Crippen LogP contribution in [0.1, 0.15) is 17.3 Å².